The fraction of sp³-hybridized carbons (Fsp3) is 0.647. The summed E-state index contributed by atoms with van der Waals surface area (Å²) in [5, 5.41) is 3.75. The standard InChI is InChI=1S/C17H29N3/c1-14(15-9-7-11-20(4)13-15)18-17-10-6-5-8-16(17)12-19(2)3/h5-6,8,10,14-15,18H,7,9,11-13H2,1-4H3. The summed E-state index contributed by atoms with van der Waals surface area (Å²) in [7, 11) is 6.48. The lowest BCUT2D eigenvalue weighted by Gasteiger charge is -2.34. The van der Waals surface area contributed by atoms with Crippen LogP contribution in [0.3, 0.4) is 0 Å². The van der Waals surface area contributed by atoms with Gasteiger partial charge in [0.05, 0.1) is 0 Å². The van der Waals surface area contributed by atoms with Crippen molar-refractivity contribution < 1.29 is 0 Å². The normalized spacial score (nSPS) is 21.9. The van der Waals surface area contributed by atoms with Gasteiger partial charge in [-0.2, -0.15) is 0 Å². The first kappa shape index (κ1) is 15.3. The Balaban J connectivity index is 2.01. The second kappa shape index (κ2) is 7.09. The summed E-state index contributed by atoms with van der Waals surface area (Å²) in [4.78, 5) is 4.68. The van der Waals surface area contributed by atoms with Crippen molar-refractivity contribution in [1.29, 1.82) is 0 Å². The molecule has 0 saturated carbocycles. The van der Waals surface area contributed by atoms with Gasteiger partial charge in [0.15, 0.2) is 0 Å². The number of hydrogen-bond donors (Lipinski definition) is 1. The summed E-state index contributed by atoms with van der Waals surface area (Å²) >= 11 is 0. The van der Waals surface area contributed by atoms with Crippen molar-refractivity contribution in [2.24, 2.45) is 5.92 Å². The Morgan fingerprint density at radius 2 is 2.10 bits per heavy atom. The second-order valence-electron chi connectivity index (χ2n) is 6.49. The highest BCUT2D eigenvalue weighted by molar-refractivity contribution is 5.51. The molecule has 1 saturated heterocycles. The number of rotatable bonds is 5. The van der Waals surface area contributed by atoms with E-state index < -0.39 is 0 Å². The van der Waals surface area contributed by atoms with Crippen molar-refractivity contribution in [3.63, 3.8) is 0 Å². The Bertz CT molecular complexity index is 416. The third kappa shape index (κ3) is 4.22. The van der Waals surface area contributed by atoms with Crippen molar-refractivity contribution >= 4 is 5.69 Å². The fourth-order valence-corrected chi connectivity index (χ4v) is 3.12. The molecule has 0 aliphatic carbocycles. The van der Waals surface area contributed by atoms with Crippen LogP contribution in [0.2, 0.25) is 0 Å². The van der Waals surface area contributed by atoms with Gasteiger partial charge >= 0.3 is 0 Å². The van der Waals surface area contributed by atoms with Gasteiger partial charge in [-0.1, -0.05) is 18.2 Å². The predicted molar refractivity (Wildman–Crippen MR) is 87.1 cm³/mol. The molecule has 112 valence electrons. The first-order chi connectivity index (χ1) is 9.56. The van der Waals surface area contributed by atoms with E-state index in [1.54, 1.807) is 0 Å². The van der Waals surface area contributed by atoms with Crippen LogP contribution in [0.15, 0.2) is 24.3 Å². The summed E-state index contributed by atoms with van der Waals surface area (Å²) in [6, 6.07) is 9.22. The maximum absolute atomic E-state index is 3.75. The molecule has 20 heavy (non-hydrogen) atoms. The Morgan fingerprint density at radius 3 is 2.80 bits per heavy atom. The SMILES string of the molecule is CC(Nc1ccccc1CN(C)C)C1CCCN(C)C1. The lowest BCUT2D eigenvalue weighted by molar-refractivity contribution is 0.197. The Labute approximate surface area is 124 Å². The monoisotopic (exact) mass is 275 g/mol. The van der Waals surface area contributed by atoms with Gasteiger partial charge in [-0.15, -0.1) is 0 Å². The largest absolute Gasteiger partial charge is 0.382 e. The van der Waals surface area contributed by atoms with Crippen LogP contribution in [0.5, 0.6) is 0 Å². The number of nitrogens with zero attached hydrogens (tertiary/aromatic N) is 2. The molecule has 1 aliphatic heterocycles. The molecule has 0 radical (unpaired) electrons. The molecule has 1 aromatic carbocycles. The molecule has 2 rings (SSSR count). The van der Waals surface area contributed by atoms with Crippen molar-refractivity contribution in [2.45, 2.75) is 32.4 Å². The third-order valence-corrected chi connectivity index (χ3v) is 4.26. The minimum atomic E-state index is 0.529. The first-order valence-electron chi connectivity index (χ1n) is 7.74. The van der Waals surface area contributed by atoms with Crippen molar-refractivity contribution in [2.75, 3.05) is 39.5 Å². The fourth-order valence-electron chi connectivity index (χ4n) is 3.12. The van der Waals surface area contributed by atoms with E-state index in [0.29, 0.717) is 6.04 Å². The smallest absolute Gasteiger partial charge is 0.0388 e. The molecule has 1 heterocycles. The molecule has 1 N–H and O–H groups in total. The van der Waals surface area contributed by atoms with Gasteiger partial charge in [0.25, 0.3) is 0 Å². The summed E-state index contributed by atoms with van der Waals surface area (Å²) < 4.78 is 0. The van der Waals surface area contributed by atoms with Crippen LogP contribution in [0.25, 0.3) is 0 Å². The van der Waals surface area contributed by atoms with E-state index in [1.807, 2.05) is 0 Å². The molecule has 3 heteroatoms. The van der Waals surface area contributed by atoms with Crippen LogP contribution in [0.4, 0.5) is 5.69 Å². The first-order valence-corrected chi connectivity index (χ1v) is 7.74. The minimum Gasteiger partial charge on any atom is -0.382 e. The molecule has 3 nitrogen and oxygen atoms in total. The molecule has 0 spiro atoms. The molecule has 0 bridgehead atoms. The lowest BCUT2D eigenvalue weighted by atomic mass is 9.91. The number of hydrogen-bond acceptors (Lipinski definition) is 3. The molecule has 2 unspecified atom stereocenters. The van der Waals surface area contributed by atoms with Gasteiger partial charge < -0.3 is 15.1 Å². The van der Waals surface area contributed by atoms with Gasteiger partial charge in [-0.25, -0.2) is 0 Å². The van der Waals surface area contributed by atoms with Crippen LogP contribution in [-0.4, -0.2) is 50.1 Å². The maximum atomic E-state index is 3.75. The average Bonchev–Trinajstić information content (AvgIpc) is 2.40. The number of likely N-dealkylation sites (tertiary alicyclic amines) is 1. The molecule has 0 aromatic heterocycles. The zero-order valence-corrected chi connectivity index (χ0v) is 13.4. The van der Waals surface area contributed by atoms with Crippen LogP contribution in [-0.2, 0) is 6.54 Å². The van der Waals surface area contributed by atoms with Gasteiger partial charge in [-0.05, 0) is 65.0 Å². The Hall–Kier alpha value is -1.06. The molecule has 1 aromatic rings. The van der Waals surface area contributed by atoms with Gasteiger partial charge in [0.2, 0.25) is 0 Å². The number of benzene rings is 1. The van der Waals surface area contributed by atoms with E-state index in [-0.39, 0.29) is 0 Å². The van der Waals surface area contributed by atoms with E-state index >= 15 is 0 Å². The van der Waals surface area contributed by atoms with Crippen molar-refractivity contribution in [3.8, 4) is 0 Å². The van der Waals surface area contributed by atoms with Gasteiger partial charge in [0, 0.05) is 24.8 Å². The second-order valence-corrected chi connectivity index (χ2v) is 6.49. The van der Waals surface area contributed by atoms with Gasteiger partial charge in [-0.3, -0.25) is 0 Å². The number of para-hydroxylation sites is 1. The topological polar surface area (TPSA) is 18.5 Å². The van der Waals surface area contributed by atoms with Crippen LogP contribution in [0.1, 0.15) is 25.3 Å². The summed E-state index contributed by atoms with van der Waals surface area (Å²) in [6.45, 7) is 5.78. The van der Waals surface area contributed by atoms with E-state index in [2.05, 4.69) is 67.4 Å². The Kier molecular flexibility index (Phi) is 5.44. The zero-order valence-electron chi connectivity index (χ0n) is 13.4. The number of anilines is 1. The quantitative estimate of drug-likeness (QED) is 0.891. The van der Waals surface area contributed by atoms with E-state index in [4.69, 9.17) is 0 Å². The van der Waals surface area contributed by atoms with Crippen LogP contribution >= 0.6 is 0 Å². The Morgan fingerprint density at radius 1 is 1.35 bits per heavy atom. The molecule has 1 aliphatic rings. The van der Waals surface area contributed by atoms with Gasteiger partial charge in [0.1, 0.15) is 0 Å². The summed E-state index contributed by atoms with van der Waals surface area (Å²) in [5.74, 6) is 0.751. The van der Waals surface area contributed by atoms with Crippen LogP contribution < -0.4 is 5.32 Å². The minimum absolute atomic E-state index is 0.529. The lowest BCUT2D eigenvalue weighted by Crippen LogP contribution is -2.40. The van der Waals surface area contributed by atoms with E-state index in [0.717, 1.165) is 12.5 Å². The summed E-state index contributed by atoms with van der Waals surface area (Å²) in [6.07, 6.45) is 2.67. The highest BCUT2D eigenvalue weighted by Gasteiger charge is 2.23. The predicted octanol–water partition coefficient (Wildman–Crippen LogP) is 2.89. The maximum Gasteiger partial charge on any atom is 0.0388 e. The average molecular weight is 275 g/mol. The van der Waals surface area contributed by atoms with E-state index in [1.165, 1.54) is 37.2 Å². The molecule has 2 atom stereocenters. The number of nitrogens with one attached hydrogen (secondary N) is 1. The molecule has 1 fully saturated rings. The molecular weight excluding hydrogens is 246 g/mol. The molecular formula is C17H29N3. The highest BCUT2D eigenvalue weighted by Crippen LogP contribution is 2.24. The van der Waals surface area contributed by atoms with Crippen molar-refractivity contribution in [1.82, 2.24) is 9.80 Å². The third-order valence-electron chi connectivity index (χ3n) is 4.26. The highest BCUT2D eigenvalue weighted by atomic mass is 15.1. The van der Waals surface area contributed by atoms with Crippen molar-refractivity contribution in [3.05, 3.63) is 29.8 Å². The number of piperidine rings is 1. The summed E-state index contributed by atoms with van der Waals surface area (Å²) in [5.41, 5.74) is 2.68. The zero-order chi connectivity index (χ0) is 14.5. The van der Waals surface area contributed by atoms with E-state index in [9.17, 15) is 0 Å². The van der Waals surface area contributed by atoms with Crippen LogP contribution in [0, 0.1) is 5.92 Å². The molecule has 0 amide bonds.